The molecule has 1 amide bonds. The van der Waals surface area contributed by atoms with Gasteiger partial charge in [-0.15, -0.1) is 0 Å². The lowest BCUT2D eigenvalue weighted by Gasteiger charge is -2.26. The third-order valence-corrected chi connectivity index (χ3v) is 6.45. The lowest BCUT2D eigenvalue weighted by molar-refractivity contribution is -0.132. The maximum atomic E-state index is 14.2. The minimum Gasteiger partial charge on any atom is -0.507 e. The summed E-state index contributed by atoms with van der Waals surface area (Å²) in [5, 5.41) is 11.6. The first kappa shape index (κ1) is 26.9. The van der Waals surface area contributed by atoms with E-state index in [1.807, 2.05) is 33.8 Å². The minimum atomic E-state index is -1.17. The van der Waals surface area contributed by atoms with Gasteiger partial charge < -0.3 is 14.6 Å². The number of benzene rings is 3. The molecule has 3 aromatic rings. The highest BCUT2D eigenvalue weighted by molar-refractivity contribution is 6.51. The zero-order chi connectivity index (χ0) is 27.8. The van der Waals surface area contributed by atoms with Gasteiger partial charge in [0.15, 0.2) is 11.6 Å². The van der Waals surface area contributed by atoms with E-state index in [0.29, 0.717) is 23.7 Å². The molecule has 1 heterocycles. The van der Waals surface area contributed by atoms with Gasteiger partial charge >= 0.3 is 0 Å². The van der Waals surface area contributed by atoms with Crippen LogP contribution in [-0.4, -0.2) is 30.5 Å². The Hall–Kier alpha value is -4.20. The molecule has 1 atom stereocenters. The average Bonchev–Trinajstić information content (AvgIpc) is 3.15. The summed E-state index contributed by atoms with van der Waals surface area (Å²) in [6.45, 7) is 8.28. The van der Waals surface area contributed by atoms with Gasteiger partial charge in [-0.1, -0.05) is 39.0 Å². The van der Waals surface area contributed by atoms with Crippen LogP contribution in [0.1, 0.15) is 50.4 Å². The molecule has 1 N–H and O–H groups in total. The molecule has 0 aliphatic carbocycles. The molecule has 198 valence electrons. The van der Waals surface area contributed by atoms with Crippen molar-refractivity contribution < 1.29 is 33.0 Å². The van der Waals surface area contributed by atoms with E-state index in [-0.39, 0.29) is 22.2 Å². The summed E-state index contributed by atoms with van der Waals surface area (Å²) in [6.07, 6.45) is 0. The van der Waals surface area contributed by atoms with Gasteiger partial charge in [0.25, 0.3) is 11.7 Å². The fraction of sp³-hybridized carbons (Fsp3) is 0.267. The Kier molecular flexibility index (Phi) is 7.26. The Morgan fingerprint density at radius 2 is 1.66 bits per heavy atom. The predicted molar refractivity (Wildman–Crippen MR) is 140 cm³/mol. The zero-order valence-corrected chi connectivity index (χ0v) is 21.8. The second kappa shape index (κ2) is 10.3. The summed E-state index contributed by atoms with van der Waals surface area (Å²) in [5.41, 5.74) is 1.05. The van der Waals surface area contributed by atoms with Crippen molar-refractivity contribution in [3.63, 3.8) is 0 Å². The van der Waals surface area contributed by atoms with Crippen molar-refractivity contribution in [1.29, 1.82) is 0 Å². The normalized spacial score (nSPS) is 17.1. The van der Waals surface area contributed by atoms with Crippen molar-refractivity contribution in [2.75, 3.05) is 18.6 Å². The van der Waals surface area contributed by atoms with Crippen LogP contribution in [0, 0.1) is 11.6 Å². The lowest BCUT2D eigenvalue weighted by atomic mass is 9.85. The van der Waals surface area contributed by atoms with Crippen LogP contribution >= 0.6 is 0 Å². The van der Waals surface area contributed by atoms with E-state index in [1.54, 1.807) is 36.4 Å². The van der Waals surface area contributed by atoms with Crippen molar-refractivity contribution in [2.45, 2.75) is 39.2 Å². The lowest BCUT2D eigenvalue weighted by Crippen LogP contribution is -2.29. The van der Waals surface area contributed by atoms with Crippen LogP contribution < -0.4 is 14.4 Å². The zero-order valence-electron chi connectivity index (χ0n) is 21.8. The first-order chi connectivity index (χ1) is 18.0. The van der Waals surface area contributed by atoms with Gasteiger partial charge in [0.05, 0.1) is 30.9 Å². The molecule has 8 heteroatoms. The summed E-state index contributed by atoms with van der Waals surface area (Å²) >= 11 is 0. The quantitative estimate of drug-likeness (QED) is 0.234. The number of aliphatic hydroxyl groups is 1. The van der Waals surface area contributed by atoms with Crippen molar-refractivity contribution in [2.24, 2.45) is 0 Å². The van der Waals surface area contributed by atoms with Crippen LogP contribution in [0.4, 0.5) is 14.5 Å². The Morgan fingerprint density at radius 3 is 2.24 bits per heavy atom. The van der Waals surface area contributed by atoms with Gasteiger partial charge in [-0.05, 0) is 59.9 Å². The number of rotatable bonds is 6. The number of halogens is 2. The molecule has 0 bridgehead atoms. The Bertz CT molecular complexity index is 1420. The smallest absolute Gasteiger partial charge is 0.300 e. The summed E-state index contributed by atoms with van der Waals surface area (Å²) in [4.78, 5) is 27.9. The van der Waals surface area contributed by atoms with E-state index in [1.165, 1.54) is 13.2 Å². The molecule has 3 aromatic carbocycles. The van der Waals surface area contributed by atoms with Crippen LogP contribution in [0.2, 0.25) is 0 Å². The minimum absolute atomic E-state index is 0.0284. The number of Topliss-reactive ketones (excluding diaryl/α,β-unsaturated/α-hetero) is 1. The standard InChI is InChI=1S/C30H29F2NO5/c1-6-38-20-11-7-17(8-12-20)26-25(27(34)21-15-18(30(2,3)4)9-14-24(21)37-5)28(35)29(36)33(26)19-10-13-22(31)23(32)16-19/h7-16,26,34H,6H2,1-5H3/b27-25+. The molecule has 0 aromatic heterocycles. The monoisotopic (exact) mass is 521 g/mol. The maximum absolute atomic E-state index is 14.2. The summed E-state index contributed by atoms with van der Waals surface area (Å²) < 4.78 is 38.9. The summed E-state index contributed by atoms with van der Waals surface area (Å²) in [7, 11) is 1.44. The van der Waals surface area contributed by atoms with Gasteiger partial charge in [-0.25, -0.2) is 8.78 Å². The highest BCUT2D eigenvalue weighted by atomic mass is 19.2. The van der Waals surface area contributed by atoms with Crippen LogP contribution in [0.15, 0.2) is 66.2 Å². The number of carbonyl (C=O) groups is 2. The Labute approximate surface area is 220 Å². The average molecular weight is 522 g/mol. The van der Waals surface area contributed by atoms with Crippen LogP contribution in [0.3, 0.4) is 0 Å². The Morgan fingerprint density at radius 1 is 0.974 bits per heavy atom. The highest BCUT2D eigenvalue weighted by Crippen LogP contribution is 2.44. The molecule has 0 saturated carbocycles. The summed E-state index contributed by atoms with van der Waals surface area (Å²) in [5.74, 6) is -3.77. The van der Waals surface area contributed by atoms with Gasteiger partial charge in [-0.3, -0.25) is 14.5 Å². The second-order valence-corrected chi connectivity index (χ2v) is 9.93. The third-order valence-electron chi connectivity index (χ3n) is 6.45. The molecule has 38 heavy (non-hydrogen) atoms. The maximum Gasteiger partial charge on any atom is 0.300 e. The van der Waals surface area contributed by atoms with Crippen molar-refractivity contribution in [3.8, 4) is 11.5 Å². The van der Waals surface area contributed by atoms with E-state index < -0.39 is 35.1 Å². The number of ether oxygens (including phenoxy) is 2. The van der Waals surface area contributed by atoms with Crippen LogP contribution in [0.25, 0.3) is 5.76 Å². The highest BCUT2D eigenvalue weighted by Gasteiger charge is 2.47. The Balaban J connectivity index is 1.98. The number of nitrogens with zero attached hydrogens (tertiary/aromatic N) is 1. The largest absolute Gasteiger partial charge is 0.507 e. The van der Waals surface area contributed by atoms with E-state index in [2.05, 4.69) is 0 Å². The van der Waals surface area contributed by atoms with E-state index in [4.69, 9.17) is 9.47 Å². The fourth-order valence-electron chi connectivity index (χ4n) is 4.47. The number of ketones is 1. The molecule has 1 saturated heterocycles. The van der Waals surface area contributed by atoms with Gasteiger partial charge in [0, 0.05) is 11.8 Å². The SMILES string of the molecule is CCOc1ccc(C2/C(=C(\O)c3cc(C(C)(C)C)ccc3OC)C(=O)C(=O)N2c2ccc(F)c(F)c2)cc1. The molecule has 0 spiro atoms. The van der Waals surface area contributed by atoms with E-state index in [0.717, 1.165) is 22.6 Å². The predicted octanol–water partition coefficient (Wildman–Crippen LogP) is 6.30. The number of hydrogen-bond acceptors (Lipinski definition) is 5. The second-order valence-electron chi connectivity index (χ2n) is 9.93. The number of aliphatic hydroxyl groups excluding tert-OH is 1. The van der Waals surface area contributed by atoms with Crippen molar-refractivity contribution >= 4 is 23.1 Å². The number of anilines is 1. The first-order valence-electron chi connectivity index (χ1n) is 12.2. The summed E-state index contributed by atoms with van der Waals surface area (Å²) in [6, 6.07) is 13.7. The first-order valence-corrected chi connectivity index (χ1v) is 12.2. The number of hydrogen-bond donors (Lipinski definition) is 1. The number of methoxy groups -OCH3 is 1. The molecule has 1 unspecified atom stereocenters. The van der Waals surface area contributed by atoms with Crippen molar-refractivity contribution in [1.82, 2.24) is 0 Å². The molecule has 1 aliphatic rings. The van der Waals surface area contributed by atoms with Crippen LogP contribution in [0.5, 0.6) is 11.5 Å². The third kappa shape index (κ3) is 4.86. The molecule has 0 radical (unpaired) electrons. The van der Waals surface area contributed by atoms with E-state index >= 15 is 0 Å². The molecule has 6 nitrogen and oxygen atoms in total. The molecule has 4 rings (SSSR count). The van der Waals surface area contributed by atoms with Gasteiger partial charge in [0.1, 0.15) is 17.3 Å². The van der Waals surface area contributed by atoms with Crippen molar-refractivity contribution in [3.05, 3.63) is 94.6 Å². The molecular formula is C30H29F2NO5. The van der Waals surface area contributed by atoms with Gasteiger partial charge in [-0.2, -0.15) is 0 Å². The molecule has 1 aliphatic heterocycles. The van der Waals surface area contributed by atoms with E-state index in [9.17, 15) is 23.5 Å². The number of carbonyl (C=O) groups excluding carboxylic acids is 2. The topological polar surface area (TPSA) is 76.1 Å². The number of amides is 1. The molecular weight excluding hydrogens is 492 g/mol. The van der Waals surface area contributed by atoms with Gasteiger partial charge in [0.2, 0.25) is 0 Å². The molecule has 1 fully saturated rings. The fourth-order valence-corrected chi connectivity index (χ4v) is 4.47. The van der Waals surface area contributed by atoms with Crippen LogP contribution in [-0.2, 0) is 15.0 Å².